The average molecular weight is 450 g/mol. The van der Waals surface area contributed by atoms with E-state index in [2.05, 4.69) is 20.4 Å². The quantitative estimate of drug-likeness (QED) is 0.237. The van der Waals surface area contributed by atoms with E-state index in [4.69, 9.17) is 4.74 Å². The lowest BCUT2D eigenvalue weighted by atomic mass is 10.1. The van der Waals surface area contributed by atoms with Gasteiger partial charge in [0.05, 0.1) is 19.3 Å². The van der Waals surface area contributed by atoms with E-state index in [1.807, 2.05) is 19.0 Å². The number of aromatic nitrogens is 3. The van der Waals surface area contributed by atoms with Gasteiger partial charge in [-0.25, -0.2) is 4.98 Å². The molecule has 8 heteroatoms. The van der Waals surface area contributed by atoms with Crippen molar-refractivity contribution in [3.05, 3.63) is 12.2 Å². The number of aryl methyl sites for hydroxylation is 1. The van der Waals surface area contributed by atoms with Crippen molar-refractivity contribution in [2.24, 2.45) is 12.0 Å². The zero-order valence-electron chi connectivity index (χ0n) is 15.1. The van der Waals surface area contributed by atoms with Gasteiger partial charge in [-0.15, -0.1) is 24.0 Å². The van der Waals surface area contributed by atoms with Gasteiger partial charge in [0.2, 0.25) is 0 Å². The Hall–Kier alpha value is -0.900. The molecule has 1 aliphatic carbocycles. The van der Waals surface area contributed by atoms with Gasteiger partial charge in [-0.3, -0.25) is 9.67 Å². The topological polar surface area (TPSA) is 67.6 Å². The molecule has 1 aromatic rings. The van der Waals surface area contributed by atoms with Gasteiger partial charge in [0.15, 0.2) is 5.96 Å². The standard InChI is InChI=1S/C16H30N6O.HI/c1-17-16(21(2)12-15-19-13-20-22(15)3)18-10-11-23-14-8-6-4-5-7-9-14;/h13-14H,4-12H2,1-3H3,(H,17,18);1H. The molecule has 0 saturated heterocycles. The van der Waals surface area contributed by atoms with Crippen molar-refractivity contribution in [2.75, 3.05) is 27.2 Å². The summed E-state index contributed by atoms with van der Waals surface area (Å²) in [6.07, 6.45) is 9.76. The van der Waals surface area contributed by atoms with E-state index in [1.54, 1.807) is 18.1 Å². The third kappa shape index (κ3) is 6.92. The summed E-state index contributed by atoms with van der Waals surface area (Å²) in [5, 5.41) is 7.44. The Morgan fingerprint density at radius 1 is 1.38 bits per heavy atom. The predicted octanol–water partition coefficient (Wildman–Crippen LogP) is 2.18. The zero-order valence-corrected chi connectivity index (χ0v) is 17.4. The number of halogens is 1. The van der Waals surface area contributed by atoms with Gasteiger partial charge in [-0.2, -0.15) is 5.10 Å². The minimum absolute atomic E-state index is 0. The lowest BCUT2D eigenvalue weighted by Gasteiger charge is -2.22. The Morgan fingerprint density at radius 3 is 2.67 bits per heavy atom. The molecule has 138 valence electrons. The highest BCUT2D eigenvalue weighted by Gasteiger charge is 2.13. The molecule has 0 aliphatic heterocycles. The summed E-state index contributed by atoms with van der Waals surface area (Å²) in [6, 6.07) is 0. The summed E-state index contributed by atoms with van der Waals surface area (Å²) < 4.78 is 7.78. The molecule has 0 atom stereocenters. The second kappa shape index (κ2) is 11.6. The maximum Gasteiger partial charge on any atom is 0.193 e. The Labute approximate surface area is 162 Å². The molecule has 0 unspecified atom stereocenters. The third-order valence-electron chi connectivity index (χ3n) is 4.30. The molecule has 1 saturated carbocycles. The first kappa shape index (κ1) is 21.1. The van der Waals surface area contributed by atoms with Crippen LogP contribution in [0.3, 0.4) is 0 Å². The number of hydrogen-bond donors (Lipinski definition) is 1. The zero-order chi connectivity index (χ0) is 16.5. The summed E-state index contributed by atoms with van der Waals surface area (Å²) in [6.45, 7) is 2.16. The highest BCUT2D eigenvalue weighted by atomic mass is 127. The minimum Gasteiger partial charge on any atom is -0.376 e. The predicted molar refractivity (Wildman–Crippen MR) is 107 cm³/mol. The first-order valence-electron chi connectivity index (χ1n) is 8.57. The van der Waals surface area contributed by atoms with Crippen LogP contribution in [0, 0.1) is 0 Å². The first-order valence-corrected chi connectivity index (χ1v) is 8.57. The molecule has 2 rings (SSSR count). The molecule has 0 amide bonds. The van der Waals surface area contributed by atoms with Gasteiger partial charge < -0.3 is 15.0 Å². The number of nitrogens with one attached hydrogen (secondary N) is 1. The molecule has 1 N–H and O–H groups in total. The normalized spacial score (nSPS) is 16.4. The van der Waals surface area contributed by atoms with Crippen molar-refractivity contribution < 1.29 is 4.74 Å². The van der Waals surface area contributed by atoms with Crippen molar-refractivity contribution >= 4 is 29.9 Å². The molecule has 24 heavy (non-hydrogen) atoms. The van der Waals surface area contributed by atoms with Crippen LogP contribution in [0.2, 0.25) is 0 Å². The third-order valence-corrected chi connectivity index (χ3v) is 4.30. The van der Waals surface area contributed by atoms with Gasteiger partial charge >= 0.3 is 0 Å². The van der Waals surface area contributed by atoms with Crippen LogP contribution in [-0.4, -0.2) is 59.0 Å². The van der Waals surface area contributed by atoms with Crippen LogP contribution in [-0.2, 0) is 18.3 Å². The number of nitrogens with zero attached hydrogens (tertiary/aromatic N) is 5. The van der Waals surface area contributed by atoms with E-state index < -0.39 is 0 Å². The summed E-state index contributed by atoms with van der Waals surface area (Å²) in [7, 11) is 5.69. The van der Waals surface area contributed by atoms with Gasteiger partial charge in [0.1, 0.15) is 12.2 Å². The number of ether oxygens (including phenoxy) is 1. The molecule has 0 aromatic carbocycles. The van der Waals surface area contributed by atoms with Crippen LogP contribution in [0.25, 0.3) is 0 Å². The lowest BCUT2D eigenvalue weighted by molar-refractivity contribution is 0.0466. The van der Waals surface area contributed by atoms with E-state index in [0.29, 0.717) is 12.6 Å². The SMILES string of the molecule is CN=C(NCCOC1CCCCCC1)N(C)Cc1ncnn1C.I. The van der Waals surface area contributed by atoms with E-state index in [1.165, 1.54) is 38.5 Å². The van der Waals surface area contributed by atoms with Gasteiger partial charge in [-0.05, 0) is 12.8 Å². The molecule has 1 fully saturated rings. The number of aliphatic imine (C=N–C) groups is 1. The monoisotopic (exact) mass is 450 g/mol. The van der Waals surface area contributed by atoms with Crippen LogP contribution in [0.5, 0.6) is 0 Å². The minimum atomic E-state index is 0. The van der Waals surface area contributed by atoms with E-state index in [9.17, 15) is 0 Å². The van der Waals surface area contributed by atoms with Crippen molar-refractivity contribution in [3.63, 3.8) is 0 Å². The lowest BCUT2D eigenvalue weighted by Crippen LogP contribution is -2.40. The number of rotatable bonds is 6. The van der Waals surface area contributed by atoms with E-state index in [0.717, 1.165) is 24.9 Å². The second-order valence-electron chi connectivity index (χ2n) is 6.11. The molecule has 1 aliphatic rings. The van der Waals surface area contributed by atoms with Crippen LogP contribution < -0.4 is 5.32 Å². The molecule has 7 nitrogen and oxygen atoms in total. The van der Waals surface area contributed by atoms with Crippen LogP contribution in [0.4, 0.5) is 0 Å². The summed E-state index contributed by atoms with van der Waals surface area (Å²) in [4.78, 5) is 10.6. The Bertz CT molecular complexity index is 485. The number of guanidine groups is 1. The van der Waals surface area contributed by atoms with Crippen LogP contribution >= 0.6 is 24.0 Å². The second-order valence-corrected chi connectivity index (χ2v) is 6.11. The largest absolute Gasteiger partial charge is 0.376 e. The Balaban J connectivity index is 0.00000288. The van der Waals surface area contributed by atoms with Gasteiger partial charge in [0.25, 0.3) is 0 Å². The van der Waals surface area contributed by atoms with Crippen molar-refractivity contribution in [3.8, 4) is 0 Å². The number of hydrogen-bond acceptors (Lipinski definition) is 4. The first-order chi connectivity index (χ1) is 11.2. The smallest absolute Gasteiger partial charge is 0.193 e. The van der Waals surface area contributed by atoms with E-state index in [-0.39, 0.29) is 24.0 Å². The fourth-order valence-electron chi connectivity index (χ4n) is 2.93. The van der Waals surface area contributed by atoms with E-state index >= 15 is 0 Å². The fraction of sp³-hybridized carbons (Fsp3) is 0.812. The highest BCUT2D eigenvalue weighted by Crippen LogP contribution is 2.19. The summed E-state index contributed by atoms with van der Waals surface area (Å²) in [5.41, 5.74) is 0. The Kier molecular flexibility index (Phi) is 10.2. The highest BCUT2D eigenvalue weighted by molar-refractivity contribution is 14.0. The molecule has 0 spiro atoms. The molecule has 1 heterocycles. The van der Waals surface area contributed by atoms with Crippen LogP contribution in [0.1, 0.15) is 44.3 Å². The molecule has 0 bridgehead atoms. The van der Waals surface area contributed by atoms with Gasteiger partial charge in [0, 0.05) is 27.7 Å². The van der Waals surface area contributed by atoms with Gasteiger partial charge in [-0.1, -0.05) is 25.7 Å². The summed E-state index contributed by atoms with van der Waals surface area (Å²) in [5.74, 6) is 1.75. The average Bonchev–Trinajstić information content (AvgIpc) is 2.78. The Morgan fingerprint density at radius 2 is 2.08 bits per heavy atom. The van der Waals surface area contributed by atoms with Crippen molar-refractivity contribution in [1.82, 2.24) is 25.0 Å². The molecular weight excluding hydrogens is 419 g/mol. The molecular formula is C16H31IN6O. The van der Waals surface area contributed by atoms with Crippen molar-refractivity contribution in [2.45, 2.75) is 51.2 Å². The van der Waals surface area contributed by atoms with Crippen molar-refractivity contribution in [1.29, 1.82) is 0 Å². The molecule has 0 radical (unpaired) electrons. The summed E-state index contributed by atoms with van der Waals surface area (Å²) >= 11 is 0. The molecule has 1 aromatic heterocycles. The fourth-order valence-corrected chi connectivity index (χ4v) is 2.93. The maximum atomic E-state index is 6.00. The van der Waals surface area contributed by atoms with Crippen LogP contribution in [0.15, 0.2) is 11.3 Å². The maximum absolute atomic E-state index is 6.00.